The quantitative estimate of drug-likeness (QED) is 0.636. The van der Waals surface area contributed by atoms with Crippen molar-refractivity contribution in [3.63, 3.8) is 0 Å². The van der Waals surface area contributed by atoms with E-state index in [9.17, 15) is 0 Å². The highest BCUT2D eigenvalue weighted by atomic mass is 35.5. The number of halogens is 2. The SMILES string of the molecule is Cc1ccc(Cl)cc1Nc1nccc(NCc2ccc(Cl)cc2)n1. The molecule has 0 aliphatic carbocycles. The van der Waals surface area contributed by atoms with Crippen LogP contribution in [0.1, 0.15) is 11.1 Å². The molecular formula is C18H16Cl2N4. The monoisotopic (exact) mass is 358 g/mol. The summed E-state index contributed by atoms with van der Waals surface area (Å²) in [5, 5.41) is 7.86. The van der Waals surface area contributed by atoms with E-state index >= 15 is 0 Å². The van der Waals surface area contributed by atoms with E-state index in [1.165, 1.54) is 0 Å². The van der Waals surface area contributed by atoms with E-state index in [2.05, 4.69) is 20.6 Å². The number of aromatic nitrogens is 2. The van der Waals surface area contributed by atoms with Gasteiger partial charge in [-0.05, 0) is 48.4 Å². The van der Waals surface area contributed by atoms with E-state index in [-0.39, 0.29) is 0 Å². The molecule has 0 atom stereocenters. The minimum atomic E-state index is 0.515. The molecule has 1 heterocycles. The topological polar surface area (TPSA) is 49.8 Å². The van der Waals surface area contributed by atoms with Gasteiger partial charge in [-0.2, -0.15) is 4.98 Å². The number of nitrogens with one attached hydrogen (secondary N) is 2. The first kappa shape index (κ1) is 16.6. The largest absolute Gasteiger partial charge is 0.366 e. The Morgan fingerprint density at radius 1 is 0.958 bits per heavy atom. The molecule has 4 nitrogen and oxygen atoms in total. The molecule has 0 bridgehead atoms. The Labute approximate surface area is 150 Å². The first-order valence-electron chi connectivity index (χ1n) is 7.45. The van der Waals surface area contributed by atoms with Crippen LogP contribution in [0.5, 0.6) is 0 Å². The lowest BCUT2D eigenvalue weighted by Gasteiger charge is -2.10. The number of hydrogen-bond acceptors (Lipinski definition) is 4. The van der Waals surface area contributed by atoms with Crippen molar-refractivity contribution in [2.24, 2.45) is 0 Å². The molecule has 0 unspecified atom stereocenters. The van der Waals surface area contributed by atoms with E-state index in [4.69, 9.17) is 23.2 Å². The van der Waals surface area contributed by atoms with Gasteiger partial charge < -0.3 is 10.6 Å². The predicted octanol–water partition coefficient (Wildman–Crippen LogP) is 5.45. The number of benzene rings is 2. The maximum atomic E-state index is 6.04. The minimum absolute atomic E-state index is 0.515. The zero-order valence-electron chi connectivity index (χ0n) is 13.1. The standard InChI is InChI=1S/C18H16Cl2N4/c1-12-2-5-15(20)10-16(12)23-18-21-9-8-17(24-18)22-11-13-3-6-14(19)7-4-13/h2-10H,11H2,1H3,(H2,21,22,23,24). The van der Waals surface area contributed by atoms with Crippen LogP contribution in [0.2, 0.25) is 10.0 Å². The Kier molecular flexibility index (Phi) is 5.18. The third kappa shape index (κ3) is 4.37. The molecule has 0 amide bonds. The highest BCUT2D eigenvalue weighted by molar-refractivity contribution is 6.31. The van der Waals surface area contributed by atoms with E-state index < -0.39 is 0 Å². The van der Waals surface area contributed by atoms with Crippen LogP contribution in [0.4, 0.5) is 17.5 Å². The van der Waals surface area contributed by atoms with Crippen molar-refractivity contribution in [2.75, 3.05) is 10.6 Å². The van der Waals surface area contributed by atoms with Crippen LogP contribution >= 0.6 is 23.2 Å². The molecule has 0 aliphatic rings. The van der Waals surface area contributed by atoms with E-state index in [0.29, 0.717) is 17.5 Å². The van der Waals surface area contributed by atoms with Gasteiger partial charge in [-0.1, -0.05) is 41.4 Å². The summed E-state index contributed by atoms with van der Waals surface area (Å²) < 4.78 is 0. The summed E-state index contributed by atoms with van der Waals surface area (Å²) in [6, 6.07) is 15.2. The van der Waals surface area contributed by atoms with E-state index in [0.717, 1.165) is 27.7 Å². The maximum absolute atomic E-state index is 6.04. The number of hydrogen-bond donors (Lipinski definition) is 2. The predicted molar refractivity (Wildman–Crippen MR) is 100 cm³/mol. The Balaban J connectivity index is 1.69. The summed E-state index contributed by atoms with van der Waals surface area (Å²) in [4.78, 5) is 8.72. The molecular weight excluding hydrogens is 343 g/mol. The molecule has 1 aromatic heterocycles. The molecule has 122 valence electrons. The van der Waals surface area contributed by atoms with Gasteiger partial charge in [0.05, 0.1) is 0 Å². The summed E-state index contributed by atoms with van der Waals surface area (Å²) in [7, 11) is 0. The van der Waals surface area contributed by atoms with Gasteiger partial charge in [0, 0.05) is 28.5 Å². The molecule has 0 radical (unpaired) electrons. The van der Waals surface area contributed by atoms with Crippen molar-refractivity contribution in [2.45, 2.75) is 13.5 Å². The highest BCUT2D eigenvalue weighted by Gasteiger charge is 2.04. The van der Waals surface area contributed by atoms with Crippen molar-refractivity contribution < 1.29 is 0 Å². The third-order valence-corrected chi connectivity index (χ3v) is 3.98. The fourth-order valence-corrected chi connectivity index (χ4v) is 2.46. The van der Waals surface area contributed by atoms with Gasteiger partial charge in [0.25, 0.3) is 0 Å². The van der Waals surface area contributed by atoms with Gasteiger partial charge in [-0.3, -0.25) is 0 Å². The molecule has 24 heavy (non-hydrogen) atoms. The van der Waals surface area contributed by atoms with Gasteiger partial charge >= 0.3 is 0 Å². The van der Waals surface area contributed by atoms with Crippen LogP contribution in [0.15, 0.2) is 54.7 Å². The second-order valence-electron chi connectivity index (χ2n) is 5.33. The van der Waals surface area contributed by atoms with Gasteiger partial charge in [0.2, 0.25) is 5.95 Å². The summed E-state index contributed by atoms with van der Waals surface area (Å²) in [6.07, 6.45) is 1.71. The van der Waals surface area contributed by atoms with Crippen molar-refractivity contribution in [1.29, 1.82) is 0 Å². The van der Waals surface area contributed by atoms with Crippen molar-refractivity contribution >= 4 is 40.7 Å². The first-order chi connectivity index (χ1) is 11.6. The number of aryl methyl sites for hydroxylation is 1. The van der Waals surface area contributed by atoms with Crippen LogP contribution in [-0.2, 0) is 6.54 Å². The fourth-order valence-electron chi connectivity index (χ4n) is 2.16. The van der Waals surface area contributed by atoms with Crippen molar-refractivity contribution in [1.82, 2.24) is 9.97 Å². The second-order valence-corrected chi connectivity index (χ2v) is 6.20. The Hall–Kier alpha value is -2.30. The highest BCUT2D eigenvalue weighted by Crippen LogP contribution is 2.23. The van der Waals surface area contributed by atoms with Gasteiger partial charge in [-0.25, -0.2) is 4.98 Å². The zero-order chi connectivity index (χ0) is 16.9. The van der Waals surface area contributed by atoms with Crippen LogP contribution in [-0.4, -0.2) is 9.97 Å². The van der Waals surface area contributed by atoms with Crippen molar-refractivity contribution in [3.8, 4) is 0 Å². The molecule has 2 N–H and O–H groups in total. The Morgan fingerprint density at radius 2 is 1.71 bits per heavy atom. The molecule has 6 heteroatoms. The molecule has 0 saturated carbocycles. The molecule has 0 saturated heterocycles. The van der Waals surface area contributed by atoms with Gasteiger partial charge in [-0.15, -0.1) is 0 Å². The average molecular weight is 359 g/mol. The van der Waals surface area contributed by atoms with E-state index in [1.807, 2.05) is 55.5 Å². The van der Waals surface area contributed by atoms with Crippen LogP contribution < -0.4 is 10.6 Å². The van der Waals surface area contributed by atoms with Gasteiger partial charge in [0.15, 0.2) is 0 Å². The van der Waals surface area contributed by atoms with Gasteiger partial charge in [0.1, 0.15) is 5.82 Å². The molecule has 0 fully saturated rings. The Bertz CT molecular complexity index is 835. The van der Waals surface area contributed by atoms with Crippen LogP contribution in [0.25, 0.3) is 0 Å². The van der Waals surface area contributed by atoms with Crippen LogP contribution in [0, 0.1) is 6.92 Å². The smallest absolute Gasteiger partial charge is 0.229 e. The average Bonchev–Trinajstić information content (AvgIpc) is 2.58. The number of nitrogens with zero attached hydrogens (tertiary/aromatic N) is 2. The summed E-state index contributed by atoms with van der Waals surface area (Å²) in [6.45, 7) is 2.66. The second kappa shape index (κ2) is 7.51. The summed E-state index contributed by atoms with van der Waals surface area (Å²) in [5.74, 6) is 1.25. The third-order valence-electron chi connectivity index (χ3n) is 3.49. The normalized spacial score (nSPS) is 10.5. The first-order valence-corrected chi connectivity index (χ1v) is 8.20. The van der Waals surface area contributed by atoms with Crippen molar-refractivity contribution in [3.05, 3.63) is 75.9 Å². The minimum Gasteiger partial charge on any atom is -0.366 e. The number of anilines is 3. The molecule has 3 rings (SSSR count). The van der Waals surface area contributed by atoms with E-state index in [1.54, 1.807) is 6.20 Å². The maximum Gasteiger partial charge on any atom is 0.229 e. The molecule has 2 aromatic carbocycles. The Morgan fingerprint density at radius 3 is 2.50 bits per heavy atom. The zero-order valence-corrected chi connectivity index (χ0v) is 14.6. The number of rotatable bonds is 5. The molecule has 0 aliphatic heterocycles. The van der Waals surface area contributed by atoms with Crippen LogP contribution in [0.3, 0.4) is 0 Å². The summed E-state index contributed by atoms with van der Waals surface area (Å²) >= 11 is 11.9. The lowest BCUT2D eigenvalue weighted by molar-refractivity contribution is 1.08. The summed E-state index contributed by atoms with van der Waals surface area (Å²) in [5.41, 5.74) is 3.08. The lowest BCUT2D eigenvalue weighted by Crippen LogP contribution is -2.04. The lowest BCUT2D eigenvalue weighted by atomic mass is 10.2. The fraction of sp³-hybridized carbons (Fsp3) is 0.111. The molecule has 3 aromatic rings. The molecule has 0 spiro atoms.